The van der Waals surface area contributed by atoms with Crippen molar-refractivity contribution in [2.75, 3.05) is 18.8 Å². The number of hydrogen-bond donors (Lipinski definition) is 1. The Bertz CT molecular complexity index is 454. The summed E-state index contributed by atoms with van der Waals surface area (Å²) < 4.78 is 5.61. The highest BCUT2D eigenvalue weighted by Crippen LogP contribution is 2.21. The van der Waals surface area contributed by atoms with Crippen LogP contribution in [-0.4, -0.2) is 36.1 Å². The van der Waals surface area contributed by atoms with Gasteiger partial charge in [0, 0.05) is 23.8 Å². The van der Waals surface area contributed by atoms with Crippen molar-refractivity contribution in [1.82, 2.24) is 4.90 Å². The van der Waals surface area contributed by atoms with Crippen LogP contribution >= 0.6 is 11.6 Å². The number of carbonyl (C=O) groups excluding carboxylic acids is 1. The number of morpholine rings is 1. The quantitative estimate of drug-likeness (QED) is 0.794. The summed E-state index contributed by atoms with van der Waals surface area (Å²) in [4.78, 5) is 14.2. The predicted molar refractivity (Wildman–Crippen MR) is 71.8 cm³/mol. The molecular formula is C13H17ClN2O2. The number of anilines is 1. The Balaban J connectivity index is 2.22. The summed E-state index contributed by atoms with van der Waals surface area (Å²) >= 11 is 5.91. The minimum atomic E-state index is -0.0861. The highest BCUT2D eigenvalue weighted by atomic mass is 35.5. The summed E-state index contributed by atoms with van der Waals surface area (Å²) in [6, 6.07) is 4.95. The van der Waals surface area contributed by atoms with E-state index in [0.717, 1.165) is 0 Å². The molecule has 1 aromatic rings. The zero-order valence-corrected chi connectivity index (χ0v) is 11.3. The lowest BCUT2D eigenvalue weighted by molar-refractivity contribution is -0.0585. The van der Waals surface area contributed by atoms with Crippen LogP contribution in [0, 0.1) is 0 Å². The number of halogens is 1. The van der Waals surface area contributed by atoms with Crippen molar-refractivity contribution < 1.29 is 9.53 Å². The molecule has 1 amide bonds. The predicted octanol–water partition coefficient (Wildman–Crippen LogP) is 2.17. The molecule has 0 unspecified atom stereocenters. The van der Waals surface area contributed by atoms with E-state index < -0.39 is 0 Å². The first kappa shape index (κ1) is 13.2. The standard InChI is InChI=1S/C13H17ClN2O2/c1-8-6-16(7-9(2)18-8)13(17)11-5-10(14)3-4-12(11)15/h3-5,8-9H,6-7,15H2,1-2H3/t8-,9-/m0/s1. The molecule has 1 aromatic carbocycles. The van der Waals surface area contributed by atoms with Gasteiger partial charge in [0.25, 0.3) is 5.91 Å². The summed E-state index contributed by atoms with van der Waals surface area (Å²) in [6.45, 7) is 5.07. The molecule has 2 rings (SSSR count). The Kier molecular flexibility index (Phi) is 3.78. The van der Waals surface area contributed by atoms with Crippen LogP contribution in [0.4, 0.5) is 5.69 Å². The number of hydrogen-bond acceptors (Lipinski definition) is 3. The molecule has 1 heterocycles. The lowest BCUT2D eigenvalue weighted by Crippen LogP contribution is -2.48. The fraction of sp³-hybridized carbons (Fsp3) is 0.462. The Morgan fingerprint density at radius 1 is 1.39 bits per heavy atom. The van der Waals surface area contributed by atoms with Gasteiger partial charge in [0.05, 0.1) is 17.8 Å². The van der Waals surface area contributed by atoms with E-state index >= 15 is 0 Å². The molecule has 0 saturated carbocycles. The van der Waals surface area contributed by atoms with E-state index in [4.69, 9.17) is 22.1 Å². The molecule has 98 valence electrons. The molecule has 2 N–H and O–H groups in total. The van der Waals surface area contributed by atoms with Gasteiger partial charge >= 0.3 is 0 Å². The summed E-state index contributed by atoms with van der Waals surface area (Å²) in [7, 11) is 0. The SMILES string of the molecule is C[C@H]1CN(C(=O)c2cc(Cl)ccc2N)C[C@H](C)O1. The van der Waals surface area contributed by atoms with Crippen LogP contribution < -0.4 is 5.73 Å². The van der Waals surface area contributed by atoms with E-state index in [9.17, 15) is 4.79 Å². The summed E-state index contributed by atoms with van der Waals surface area (Å²) in [5.41, 5.74) is 6.75. The minimum absolute atomic E-state index is 0.0399. The second-order valence-electron chi connectivity index (χ2n) is 4.70. The molecule has 1 saturated heterocycles. The van der Waals surface area contributed by atoms with Crippen molar-refractivity contribution in [2.24, 2.45) is 0 Å². The molecule has 5 heteroatoms. The van der Waals surface area contributed by atoms with E-state index in [-0.39, 0.29) is 18.1 Å². The van der Waals surface area contributed by atoms with Crippen LogP contribution in [0.25, 0.3) is 0 Å². The number of amides is 1. The van der Waals surface area contributed by atoms with E-state index in [0.29, 0.717) is 29.4 Å². The van der Waals surface area contributed by atoms with Crippen molar-refractivity contribution >= 4 is 23.2 Å². The molecule has 0 bridgehead atoms. The maximum atomic E-state index is 12.4. The molecule has 1 fully saturated rings. The Morgan fingerprint density at radius 2 is 2.00 bits per heavy atom. The van der Waals surface area contributed by atoms with Crippen LogP contribution in [0.3, 0.4) is 0 Å². The molecule has 2 atom stereocenters. The fourth-order valence-corrected chi connectivity index (χ4v) is 2.40. The van der Waals surface area contributed by atoms with Crippen LogP contribution in [0.2, 0.25) is 5.02 Å². The molecule has 0 radical (unpaired) electrons. The number of nitrogens with zero attached hydrogens (tertiary/aromatic N) is 1. The summed E-state index contributed by atoms with van der Waals surface area (Å²) in [5, 5.41) is 0.516. The molecule has 0 aromatic heterocycles. The highest BCUT2D eigenvalue weighted by Gasteiger charge is 2.27. The van der Waals surface area contributed by atoms with Gasteiger partial charge in [-0.3, -0.25) is 4.79 Å². The minimum Gasteiger partial charge on any atom is -0.398 e. The molecule has 18 heavy (non-hydrogen) atoms. The number of nitrogen functional groups attached to an aromatic ring is 1. The number of rotatable bonds is 1. The van der Waals surface area contributed by atoms with Crippen LogP contribution in [0.5, 0.6) is 0 Å². The van der Waals surface area contributed by atoms with Crippen molar-refractivity contribution in [3.05, 3.63) is 28.8 Å². The van der Waals surface area contributed by atoms with Gasteiger partial charge in [-0.25, -0.2) is 0 Å². The van der Waals surface area contributed by atoms with Gasteiger partial charge in [-0.15, -0.1) is 0 Å². The smallest absolute Gasteiger partial charge is 0.256 e. The van der Waals surface area contributed by atoms with Crippen LogP contribution in [0.1, 0.15) is 24.2 Å². The van der Waals surface area contributed by atoms with Gasteiger partial charge < -0.3 is 15.4 Å². The second kappa shape index (κ2) is 5.16. The number of carbonyl (C=O) groups is 1. The molecule has 4 nitrogen and oxygen atoms in total. The molecule has 1 aliphatic heterocycles. The third kappa shape index (κ3) is 2.76. The fourth-order valence-electron chi connectivity index (χ4n) is 2.23. The van der Waals surface area contributed by atoms with Crippen molar-refractivity contribution in [3.63, 3.8) is 0 Å². The van der Waals surface area contributed by atoms with E-state index in [1.165, 1.54) is 0 Å². The maximum Gasteiger partial charge on any atom is 0.256 e. The topological polar surface area (TPSA) is 55.6 Å². The van der Waals surface area contributed by atoms with Gasteiger partial charge in [-0.05, 0) is 32.0 Å². The van der Waals surface area contributed by atoms with Crippen LogP contribution in [0.15, 0.2) is 18.2 Å². The molecule has 0 spiro atoms. The van der Waals surface area contributed by atoms with Gasteiger partial charge in [-0.1, -0.05) is 11.6 Å². The first-order valence-corrected chi connectivity index (χ1v) is 6.35. The zero-order valence-electron chi connectivity index (χ0n) is 10.5. The largest absolute Gasteiger partial charge is 0.398 e. The van der Waals surface area contributed by atoms with Gasteiger partial charge in [0.15, 0.2) is 0 Å². The van der Waals surface area contributed by atoms with E-state index in [1.807, 2.05) is 13.8 Å². The first-order valence-electron chi connectivity index (χ1n) is 5.97. The number of ether oxygens (including phenoxy) is 1. The Morgan fingerprint density at radius 3 is 2.61 bits per heavy atom. The summed E-state index contributed by atoms with van der Waals surface area (Å²) in [5.74, 6) is -0.0861. The number of benzene rings is 1. The van der Waals surface area contributed by atoms with Gasteiger partial charge in [0.1, 0.15) is 0 Å². The molecular weight excluding hydrogens is 252 g/mol. The Labute approximate surface area is 112 Å². The van der Waals surface area contributed by atoms with Gasteiger partial charge in [0.2, 0.25) is 0 Å². The third-order valence-corrected chi connectivity index (χ3v) is 3.19. The van der Waals surface area contributed by atoms with E-state index in [1.54, 1.807) is 23.1 Å². The highest BCUT2D eigenvalue weighted by molar-refractivity contribution is 6.31. The molecule has 1 aliphatic rings. The molecule has 0 aliphatic carbocycles. The monoisotopic (exact) mass is 268 g/mol. The third-order valence-electron chi connectivity index (χ3n) is 2.95. The lowest BCUT2D eigenvalue weighted by atomic mass is 10.1. The summed E-state index contributed by atoms with van der Waals surface area (Å²) in [6.07, 6.45) is 0.0798. The normalized spacial score (nSPS) is 24.1. The number of nitrogens with two attached hydrogens (primary N) is 1. The van der Waals surface area contributed by atoms with Crippen molar-refractivity contribution in [1.29, 1.82) is 0 Å². The lowest BCUT2D eigenvalue weighted by Gasteiger charge is -2.35. The van der Waals surface area contributed by atoms with E-state index in [2.05, 4.69) is 0 Å². The average Bonchev–Trinajstić information content (AvgIpc) is 2.30. The van der Waals surface area contributed by atoms with Crippen LogP contribution in [-0.2, 0) is 4.74 Å². The average molecular weight is 269 g/mol. The zero-order chi connectivity index (χ0) is 13.3. The van der Waals surface area contributed by atoms with Crippen molar-refractivity contribution in [2.45, 2.75) is 26.1 Å². The van der Waals surface area contributed by atoms with Crippen molar-refractivity contribution in [3.8, 4) is 0 Å². The Hall–Kier alpha value is -1.26. The second-order valence-corrected chi connectivity index (χ2v) is 5.14. The first-order chi connectivity index (χ1) is 8.47. The maximum absolute atomic E-state index is 12.4. The van der Waals surface area contributed by atoms with Gasteiger partial charge in [-0.2, -0.15) is 0 Å².